The van der Waals surface area contributed by atoms with E-state index in [-0.39, 0.29) is 11.3 Å². The van der Waals surface area contributed by atoms with Gasteiger partial charge in [-0.1, -0.05) is 63.2 Å². The van der Waals surface area contributed by atoms with E-state index < -0.39 is 0 Å². The monoisotopic (exact) mass is 295 g/mol. The van der Waals surface area contributed by atoms with E-state index in [0.717, 1.165) is 17.7 Å². The van der Waals surface area contributed by atoms with E-state index >= 15 is 0 Å². The third-order valence-electron chi connectivity index (χ3n) is 3.88. The molecule has 2 heteroatoms. The van der Waals surface area contributed by atoms with E-state index in [0.29, 0.717) is 6.42 Å². The van der Waals surface area contributed by atoms with Crippen LogP contribution in [0.2, 0.25) is 0 Å². The molecular weight excluding hydrogens is 270 g/mol. The van der Waals surface area contributed by atoms with Crippen molar-refractivity contribution in [1.82, 2.24) is 0 Å². The second-order valence-corrected chi connectivity index (χ2v) is 6.81. The lowest BCUT2D eigenvalue weighted by molar-refractivity contribution is -0.116. The maximum absolute atomic E-state index is 12.1. The van der Waals surface area contributed by atoms with Gasteiger partial charge in [0.1, 0.15) is 0 Å². The van der Waals surface area contributed by atoms with Crippen LogP contribution in [0.1, 0.15) is 43.9 Å². The lowest BCUT2D eigenvalue weighted by Crippen LogP contribution is -2.13. The number of carbonyl (C=O) groups is 1. The van der Waals surface area contributed by atoms with Crippen LogP contribution in [0.25, 0.3) is 0 Å². The van der Waals surface area contributed by atoms with Crippen LogP contribution >= 0.6 is 0 Å². The van der Waals surface area contributed by atoms with Gasteiger partial charge in [0.25, 0.3) is 0 Å². The highest BCUT2D eigenvalue weighted by atomic mass is 16.1. The summed E-state index contributed by atoms with van der Waals surface area (Å²) in [4.78, 5) is 12.1. The molecule has 0 fully saturated rings. The molecule has 0 unspecified atom stereocenters. The fourth-order valence-corrected chi connectivity index (χ4v) is 2.36. The number of para-hydroxylation sites is 1. The van der Waals surface area contributed by atoms with Crippen LogP contribution in [0.5, 0.6) is 0 Å². The first-order valence-corrected chi connectivity index (χ1v) is 7.81. The first kappa shape index (κ1) is 16.3. The number of hydrogen-bond acceptors (Lipinski definition) is 1. The van der Waals surface area contributed by atoms with E-state index in [4.69, 9.17) is 0 Å². The molecule has 0 heterocycles. The van der Waals surface area contributed by atoms with Crippen molar-refractivity contribution in [3.63, 3.8) is 0 Å². The molecular formula is C20H25NO. The Morgan fingerprint density at radius 2 is 1.64 bits per heavy atom. The Labute approximate surface area is 133 Å². The Morgan fingerprint density at radius 3 is 2.23 bits per heavy atom. The summed E-state index contributed by atoms with van der Waals surface area (Å²) in [6, 6.07) is 16.4. The summed E-state index contributed by atoms with van der Waals surface area (Å²) in [6.45, 7) is 8.62. The Balaban J connectivity index is 1.90. The summed E-state index contributed by atoms with van der Waals surface area (Å²) in [5.41, 5.74) is 4.68. The van der Waals surface area contributed by atoms with Crippen molar-refractivity contribution >= 4 is 11.6 Å². The normalized spacial score (nSPS) is 11.3. The number of benzene rings is 2. The van der Waals surface area contributed by atoms with Crippen molar-refractivity contribution in [2.45, 2.75) is 46.0 Å². The van der Waals surface area contributed by atoms with Crippen molar-refractivity contribution in [2.75, 3.05) is 5.32 Å². The van der Waals surface area contributed by atoms with Gasteiger partial charge < -0.3 is 5.32 Å². The number of hydrogen-bond donors (Lipinski definition) is 1. The highest BCUT2D eigenvalue weighted by Crippen LogP contribution is 2.22. The predicted molar refractivity (Wildman–Crippen MR) is 93.3 cm³/mol. The van der Waals surface area contributed by atoms with Gasteiger partial charge in [0.15, 0.2) is 0 Å². The molecule has 0 bridgehead atoms. The van der Waals surface area contributed by atoms with Crippen LogP contribution < -0.4 is 5.32 Å². The summed E-state index contributed by atoms with van der Waals surface area (Å²) in [5, 5.41) is 2.98. The summed E-state index contributed by atoms with van der Waals surface area (Å²) < 4.78 is 0. The van der Waals surface area contributed by atoms with Crippen molar-refractivity contribution in [3.8, 4) is 0 Å². The number of carbonyl (C=O) groups excluding carboxylic acids is 1. The van der Waals surface area contributed by atoms with Gasteiger partial charge in [-0.3, -0.25) is 4.79 Å². The van der Waals surface area contributed by atoms with Gasteiger partial charge >= 0.3 is 0 Å². The molecule has 1 amide bonds. The van der Waals surface area contributed by atoms with Gasteiger partial charge in [-0.05, 0) is 41.5 Å². The number of nitrogens with one attached hydrogen (secondary N) is 1. The van der Waals surface area contributed by atoms with E-state index in [1.165, 1.54) is 11.1 Å². The standard InChI is InChI=1S/C20H25NO/c1-15-7-5-6-8-18(15)21-19(22)14-11-16-9-12-17(13-10-16)20(2,3)4/h5-10,12-13H,11,14H2,1-4H3,(H,21,22). The quantitative estimate of drug-likeness (QED) is 0.857. The SMILES string of the molecule is Cc1ccccc1NC(=O)CCc1ccc(C(C)(C)C)cc1. The average Bonchev–Trinajstić information content (AvgIpc) is 2.47. The Bertz CT molecular complexity index is 636. The smallest absolute Gasteiger partial charge is 0.224 e. The summed E-state index contributed by atoms with van der Waals surface area (Å²) in [7, 11) is 0. The van der Waals surface area contributed by atoms with Crippen LogP contribution in [-0.4, -0.2) is 5.91 Å². The zero-order chi connectivity index (χ0) is 16.2. The fraction of sp³-hybridized carbons (Fsp3) is 0.350. The van der Waals surface area contributed by atoms with Crippen LogP contribution in [0, 0.1) is 6.92 Å². The van der Waals surface area contributed by atoms with Crippen LogP contribution in [-0.2, 0) is 16.6 Å². The van der Waals surface area contributed by atoms with Crippen LogP contribution in [0.4, 0.5) is 5.69 Å². The molecule has 1 N–H and O–H groups in total. The number of anilines is 1. The van der Waals surface area contributed by atoms with Gasteiger partial charge in [0.2, 0.25) is 5.91 Å². The Hall–Kier alpha value is -2.09. The number of aryl methyl sites for hydroxylation is 2. The number of amides is 1. The molecule has 0 aliphatic heterocycles. The molecule has 0 atom stereocenters. The molecule has 0 aliphatic carbocycles. The molecule has 2 rings (SSSR count). The molecule has 2 aromatic carbocycles. The van der Waals surface area contributed by atoms with Gasteiger partial charge in [0, 0.05) is 12.1 Å². The summed E-state index contributed by atoms with van der Waals surface area (Å²) >= 11 is 0. The van der Waals surface area contributed by atoms with Gasteiger partial charge in [-0.15, -0.1) is 0 Å². The molecule has 22 heavy (non-hydrogen) atoms. The van der Waals surface area contributed by atoms with E-state index in [9.17, 15) is 4.79 Å². The zero-order valence-electron chi connectivity index (χ0n) is 13.9. The number of rotatable bonds is 4. The second-order valence-electron chi connectivity index (χ2n) is 6.81. The fourth-order valence-electron chi connectivity index (χ4n) is 2.36. The highest BCUT2D eigenvalue weighted by Gasteiger charge is 2.13. The Morgan fingerprint density at radius 1 is 1.00 bits per heavy atom. The first-order chi connectivity index (χ1) is 10.4. The molecule has 2 nitrogen and oxygen atoms in total. The highest BCUT2D eigenvalue weighted by molar-refractivity contribution is 5.91. The third kappa shape index (κ3) is 4.45. The Kier molecular flexibility index (Phi) is 5.02. The summed E-state index contributed by atoms with van der Waals surface area (Å²) in [5.74, 6) is 0.0641. The lowest BCUT2D eigenvalue weighted by Gasteiger charge is -2.19. The van der Waals surface area contributed by atoms with Crippen molar-refractivity contribution in [1.29, 1.82) is 0 Å². The lowest BCUT2D eigenvalue weighted by atomic mass is 9.86. The maximum atomic E-state index is 12.1. The average molecular weight is 295 g/mol. The van der Waals surface area contributed by atoms with Gasteiger partial charge in [-0.25, -0.2) is 0 Å². The molecule has 0 aliphatic rings. The van der Waals surface area contributed by atoms with Crippen molar-refractivity contribution in [3.05, 3.63) is 65.2 Å². The van der Waals surface area contributed by atoms with Gasteiger partial charge in [0.05, 0.1) is 0 Å². The molecule has 0 saturated heterocycles. The van der Waals surface area contributed by atoms with Crippen molar-refractivity contribution in [2.24, 2.45) is 0 Å². The molecule has 0 radical (unpaired) electrons. The summed E-state index contributed by atoms with van der Waals surface area (Å²) in [6.07, 6.45) is 1.27. The topological polar surface area (TPSA) is 29.1 Å². The minimum atomic E-state index is 0.0641. The van der Waals surface area contributed by atoms with E-state index in [1.54, 1.807) is 0 Å². The van der Waals surface area contributed by atoms with Gasteiger partial charge in [-0.2, -0.15) is 0 Å². The van der Waals surface area contributed by atoms with E-state index in [2.05, 4.69) is 50.4 Å². The second kappa shape index (κ2) is 6.78. The van der Waals surface area contributed by atoms with E-state index in [1.807, 2.05) is 31.2 Å². The minimum absolute atomic E-state index is 0.0641. The molecule has 0 spiro atoms. The predicted octanol–water partition coefficient (Wildman–Crippen LogP) is 4.86. The molecule has 0 saturated carbocycles. The maximum Gasteiger partial charge on any atom is 0.224 e. The van der Waals surface area contributed by atoms with Crippen LogP contribution in [0.3, 0.4) is 0 Å². The largest absolute Gasteiger partial charge is 0.326 e. The third-order valence-corrected chi connectivity index (χ3v) is 3.88. The molecule has 116 valence electrons. The molecule has 0 aromatic heterocycles. The first-order valence-electron chi connectivity index (χ1n) is 7.81. The van der Waals surface area contributed by atoms with Crippen LogP contribution in [0.15, 0.2) is 48.5 Å². The van der Waals surface area contributed by atoms with Crippen molar-refractivity contribution < 1.29 is 4.79 Å². The molecule has 2 aromatic rings. The zero-order valence-corrected chi connectivity index (χ0v) is 13.9. The minimum Gasteiger partial charge on any atom is -0.326 e.